The first-order valence-electron chi connectivity index (χ1n) is 6.31. The minimum Gasteiger partial charge on any atom is -0.294 e. The van der Waals surface area contributed by atoms with E-state index >= 15 is 0 Å². The summed E-state index contributed by atoms with van der Waals surface area (Å²) in [5.41, 5.74) is 1.70. The highest BCUT2D eigenvalue weighted by Crippen LogP contribution is 2.51. The van der Waals surface area contributed by atoms with E-state index in [0.29, 0.717) is 20.6 Å². The Morgan fingerprint density at radius 2 is 1.60 bits per heavy atom. The van der Waals surface area contributed by atoms with Crippen LogP contribution >= 0.6 is 34.8 Å². The summed E-state index contributed by atoms with van der Waals surface area (Å²) in [4.78, 5) is 12.4. The van der Waals surface area contributed by atoms with Crippen LogP contribution < -0.4 is 0 Å². The van der Waals surface area contributed by atoms with E-state index in [-0.39, 0.29) is 17.6 Å². The molecule has 20 heavy (non-hydrogen) atoms. The van der Waals surface area contributed by atoms with Crippen molar-refractivity contribution >= 4 is 40.6 Å². The summed E-state index contributed by atoms with van der Waals surface area (Å²) < 4.78 is 0. The van der Waals surface area contributed by atoms with Crippen LogP contribution in [0.2, 0.25) is 15.1 Å². The summed E-state index contributed by atoms with van der Waals surface area (Å²) in [5.74, 6) is 0.357. The number of halogens is 3. The second-order valence-corrected chi connectivity index (χ2v) is 6.27. The Hall–Kier alpha value is -1.02. The summed E-state index contributed by atoms with van der Waals surface area (Å²) in [6.07, 6.45) is 0.836. The predicted molar refractivity (Wildman–Crippen MR) is 83.1 cm³/mol. The minimum atomic E-state index is 0.00912. The molecule has 0 aromatic heterocycles. The van der Waals surface area contributed by atoms with Crippen LogP contribution in [0.5, 0.6) is 0 Å². The van der Waals surface area contributed by atoms with Crippen LogP contribution in [0, 0.1) is 5.92 Å². The second-order valence-electron chi connectivity index (χ2n) is 4.99. The molecule has 4 heteroatoms. The Labute approximate surface area is 132 Å². The Bertz CT molecular complexity index is 664. The topological polar surface area (TPSA) is 17.1 Å². The number of benzene rings is 2. The van der Waals surface area contributed by atoms with Gasteiger partial charge in [-0.3, -0.25) is 4.79 Å². The van der Waals surface area contributed by atoms with Crippen LogP contribution in [0.25, 0.3) is 0 Å². The molecule has 0 spiro atoms. The fourth-order valence-electron chi connectivity index (χ4n) is 2.46. The van der Waals surface area contributed by atoms with E-state index in [2.05, 4.69) is 0 Å². The second kappa shape index (κ2) is 5.40. The molecule has 0 bridgehead atoms. The van der Waals surface area contributed by atoms with Crippen molar-refractivity contribution in [1.29, 1.82) is 0 Å². The van der Waals surface area contributed by atoms with Crippen molar-refractivity contribution in [1.82, 2.24) is 0 Å². The van der Waals surface area contributed by atoms with E-state index in [1.54, 1.807) is 30.3 Å². The number of rotatable bonds is 3. The lowest BCUT2D eigenvalue weighted by Gasteiger charge is -2.04. The van der Waals surface area contributed by atoms with E-state index in [4.69, 9.17) is 34.8 Å². The van der Waals surface area contributed by atoms with Gasteiger partial charge in [0.1, 0.15) is 0 Å². The molecule has 0 aliphatic heterocycles. The predicted octanol–water partition coefficient (Wildman–Crippen LogP) is 5.63. The maximum absolute atomic E-state index is 12.4. The summed E-state index contributed by atoms with van der Waals surface area (Å²) >= 11 is 17.9. The molecule has 3 rings (SSSR count). The van der Waals surface area contributed by atoms with E-state index < -0.39 is 0 Å². The van der Waals surface area contributed by atoms with Crippen molar-refractivity contribution in [3.05, 3.63) is 68.7 Å². The highest BCUT2D eigenvalue weighted by Gasteiger charge is 2.44. The third-order valence-corrected chi connectivity index (χ3v) is 4.43. The van der Waals surface area contributed by atoms with Gasteiger partial charge in [-0.1, -0.05) is 40.9 Å². The number of hydrogen-bond acceptors (Lipinski definition) is 1. The molecule has 0 radical (unpaired) electrons. The van der Waals surface area contributed by atoms with Crippen molar-refractivity contribution in [2.45, 2.75) is 12.3 Å². The number of carbonyl (C=O) groups is 1. The molecule has 2 unspecified atom stereocenters. The normalized spacial score (nSPS) is 20.8. The third kappa shape index (κ3) is 2.71. The van der Waals surface area contributed by atoms with E-state index in [0.717, 1.165) is 12.0 Å². The fraction of sp³-hybridized carbons (Fsp3) is 0.188. The summed E-state index contributed by atoms with van der Waals surface area (Å²) in [6, 6.07) is 12.5. The maximum Gasteiger partial charge on any atom is 0.166 e. The molecule has 0 heterocycles. The van der Waals surface area contributed by atoms with Crippen LogP contribution in [0.4, 0.5) is 0 Å². The highest BCUT2D eigenvalue weighted by atomic mass is 35.5. The third-order valence-electron chi connectivity index (χ3n) is 3.62. The van der Waals surface area contributed by atoms with Gasteiger partial charge in [0, 0.05) is 26.5 Å². The lowest BCUT2D eigenvalue weighted by atomic mass is 10.0. The van der Waals surface area contributed by atoms with Gasteiger partial charge in [0.25, 0.3) is 0 Å². The molecule has 102 valence electrons. The zero-order chi connectivity index (χ0) is 14.3. The van der Waals surface area contributed by atoms with Gasteiger partial charge in [-0.05, 0) is 54.3 Å². The number of Topliss-reactive ketones (excluding diaryl/α,β-unsaturated/α-hetero) is 1. The Morgan fingerprint density at radius 1 is 0.950 bits per heavy atom. The molecule has 1 aliphatic carbocycles. The van der Waals surface area contributed by atoms with Crippen molar-refractivity contribution in [2.75, 3.05) is 0 Å². The number of hydrogen-bond donors (Lipinski definition) is 0. The summed E-state index contributed by atoms with van der Waals surface area (Å²) in [6.45, 7) is 0. The lowest BCUT2D eigenvalue weighted by molar-refractivity contribution is 0.0965. The van der Waals surface area contributed by atoms with Crippen molar-refractivity contribution in [3.63, 3.8) is 0 Å². The Balaban J connectivity index is 1.78. The van der Waals surface area contributed by atoms with E-state index in [1.165, 1.54) is 0 Å². The number of carbonyl (C=O) groups excluding carboxylic acids is 1. The maximum atomic E-state index is 12.4. The van der Waals surface area contributed by atoms with Gasteiger partial charge in [0.05, 0.1) is 0 Å². The lowest BCUT2D eigenvalue weighted by Crippen LogP contribution is -2.03. The molecular weight excluding hydrogens is 315 g/mol. The molecule has 1 nitrogen and oxygen atoms in total. The van der Waals surface area contributed by atoms with Gasteiger partial charge in [-0.15, -0.1) is 0 Å². The first kappa shape index (κ1) is 13.9. The molecule has 1 saturated carbocycles. The van der Waals surface area contributed by atoms with Gasteiger partial charge >= 0.3 is 0 Å². The van der Waals surface area contributed by atoms with Gasteiger partial charge < -0.3 is 0 Å². The molecule has 0 amide bonds. The van der Waals surface area contributed by atoms with Crippen molar-refractivity contribution in [2.24, 2.45) is 5.92 Å². The van der Waals surface area contributed by atoms with Crippen LogP contribution in [0.3, 0.4) is 0 Å². The van der Waals surface area contributed by atoms with E-state index in [9.17, 15) is 4.79 Å². The monoisotopic (exact) mass is 324 g/mol. The van der Waals surface area contributed by atoms with Gasteiger partial charge in [0.15, 0.2) is 5.78 Å². The average molecular weight is 326 g/mol. The van der Waals surface area contributed by atoms with Gasteiger partial charge in [-0.25, -0.2) is 0 Å². The fourth-order valence-corrected chi connectivity index (χ4v) is 3.13. The molecule has 1 aliphatic rings. The smallest absolute Gasteiger partial charge is 0.166 e. The van der Waals surface area contributed by atoms with Crippen LogP contribution in [-0.4, -0.2) is 5.78 Å². The van der Waals surface area contributed by atoms with Crippen molar-refractivity contribution < 1.29 is 4.79 Å². The van der Waals surface area contributed by atoms with Crippen LogP contribution in [-0.2, 0) is 0 Å². The zero-order valence-corrected chi connectivity index (χ0v) is 12.7. The van der Waals surface area contributed by atoms with Crippen molar-refractivity contribution in [3.8, 4) is 0 Å². The largest absolute Gasteiger partial charge is 0.294 e. The summed E-state index contributed by atoms with van der Waals surface area (Å²) in [7, 11) is 0. The molecule has 1 fully saturated rings. The Kier molecular flexibility index (Phi) is 3.76. The molecule has 2 aromatic rings. The first-order chi connectivity index (χ1) is 9.56. The van der Waals surface area contributed by atoms with Gasteiger partial charge in [0.2, 0.25) is 0 Å². The molecule has 2 aromatic carbocycles. The average Bonchev–Trinajstić information content (AvgIpc) is 3.19. The standard InChI is InChI=1S/C16H11Cl3O/c17-10-3-1-9(2-4-10)16(20)14-8-13(14)12-6-5-11(18)7-15(12)19/h1-7,13-14H,8H2. The van der Waals surface area contributed by atoms with E-state index in [1.807, 2.05) is 12.1 Å². The first-order valence-corrected chi connectivity index (χ1v) is 7.44. The van der Waals surface area contributed by atoms with Gasteiger partial charge in [-0.2, -0.15) is 0 Å². The minimum absolute atomic E-state index is 0.00912. The quantitative estimate of drug-likeness (QED) is 0.668. The van der Waals surface area contributed by atoms with Crippen LogP contribution in [0.1, 0.15) is 28.3 Å². The summed E-state index contributed by atoms with van der Waals surface area (Å²) in [5, 5.41) is 1.88. The molecule has 2 atom stereocenters. The number of ketones is 1. The molecule has 0 saturated heterocycles. The molecule has 0 N–H and O–H groups in total. The van der Waals surface area contributed by atoms with Crippen LogP contribution in [0.15, 0.2) is 42.5 Å². The zero-order valence-electron chi connectivity index (χ0n) is 10.4. The highest BCUT2D eigenvalue weighted by molar-refractivity contribution is 6.35. The molecular formula is C16H11Cl3O. The SMILES string of the molecule is O=C(c1ccc(Cl)cc1)C1CC1c1ccc(Cl)cc1Cl. The Morgan fingerprint density at radius 3 is 2.25 bits per heavy atom.